The highest BCUT2D eigenvalue weighted by Gasteiger charge is 2.20. The van der Waals surface area contributed by atoms with E-state index >= 15 is 0 Å². The van der Waals surface area contributed by atoms with E-state index in [4.69, 9.17) is 0 Å². The number of likely N-dealkylation sites (tertiary alicyclic amines) is 1. The summed E-state index contributed by atoms with van der Waals surface area (Å²) in [6.45, 7) is 8.41. The number of hydrogen-bond acceptors (Lipinski definition) is 4. The Labute approximate surface area is 167 Å². The number of carbonyl (C=O) groups excluding carboxylic acids is 1. The third-order valence-electron chi connectivity index (χ3n) is 5.73. The Kier molecular flexibility index (Phi) is 6.19. The van der Waals surface area contributed by atoms with Crippen molar-refractivity contribution < 1.29 is 4.79 Å². The van der Waals surface area contributed by atoms with Crippen molar-refractivity contribution in [3.63, 3.8) is 0 Å². The van der Waals surface area contributed by atoms with E-state index in [1.54, 1.807) is 18.6 Å². The second kappa shape index (κ2) is 9.17. The van der Waals surface area contributed by atoms with Crippen LogP contribution in [0.15, 0.2) is 49.1 Å². The Morgan fingerprint density at radius 3 is 2.25 bits per heavy atom. The maximum atomic E-state index is 12.5. The molecule has 6 heteroatoms. The molecule has 2 aromatic rings. The van der Waals surface area contributed by atoms with Crippen molar-refractivity contribution in [2.45, 2.75) is 12.8 Å². The highest BCUT2D eigenvalue weighted by Crippen LogP contribution is 2.12. The molecule has 2 aliphatic rings. The Balaban J connectivity index is 1.22. The van der Waals surface area contributed by atoms with Gasteiger partial charge in [-0.25, -0.2) is 4.98 Å². The van der Waals surface area contributed by atoms with E-state index in [1.807, 2.05) is 46.0 Å². The molecule has 2 aliphatic heterocycles. The molecule has 0 N–H and O–H groups in total. The van der Waals surface area contributed by atoms with Gasteiger partial charge < -0.3 is 14.4 Å². The van der Waals surface area contributed by atoms with Gasteiger partial charge in [-0.15, -0.1) is 0 Å². The molecule has 1 amide bonds. The molecule has 148 valence electrons. The maximum Gasteiger partial charge on any atom is 0.246 e. The summed E-state index contributed by atoms with van der Waals surface area (Å²) in [5.41, 5.74) is 2.09. The van der Waals surface area contributed by atoms with E-state index in [0.29, 0.717) is 0 Å². The van der Waals surface area contributed by atoms with Gasteiger partial charge in [0.1, 0.15) is 0 Å². The molecule has 6 nitrogen and oxygen atoms in total. The van der Waals surface area contributed by atoms with E-state index in [-0.39, 0.29) is 5.91 Å². The average Bonchev–Trinajstić information content (AvgIpc) is 3.45. The second-order valence-electron chi connectivity index (χ2n) is 7.61. The molecule has 2 saturated heterocycles. The van der Waals surface area contributed by atoms with Crippen molar-refractivity contribution in [1.82, 2.24) is 24.3 Å². The number of amides is 1. The van der Waals surface area contributed by atoms with Crippen LogP contribution in [0.4, 0.5) is 0 Å². The highest BCUT2D eigenvalue weighted by molar-refractivity contribution is 5.91. The van der Waals surface area contributed by atoms with Crippen molar-refractivity contribution in [2.24, 2.45) is 0 Å². The minimum Gasteiger partial charge on any atom is -0.337 e. The summed E-state index contributed by atoms with van der Waals surface area (Å²) in [6.07, 6.45) is 11.8. The van der Waals surface area contributed by atoms with Crippen LogP contribution in [0, 0.1) is 0 Å². The Morgan fingerprint density at radius 2 is 1.61 bits per heavy atom. The molecule has 0 saturated carbocycles. The first-order valence-corrected chi connectivity index (χ1v) is 10.3. The largest absolute Gasteiger partial charge is 0.337 e. The first-order valence-electron chi connectivity index (χ1n) is 10.3. The molecular weight excluding hydrogens is 350 g/mol. The van der Waals surface area contributed by atoms with Gasteiger partial charge in [0, 0.05) is 63.4 Å². The van der Waals surface area contributed by atoms with Crippen LogP contribution in [-0.4, -0.2) is 82.5 Å². The Morgan fingerprint density at radius 1 is 0.929 bits per heavy atom. The van der Waals surface area contributed by atoms with Crippen molar-refractivity contribution in [3.8, 4) is 5.69 Å². The van der Waals surface area contributed by atoms with E-state index in [9.17, 15) is 4.79 Å². The zero-order chi connectivity index (χ0) is 19.2. The number of benzene rings is 1. The molecule has 1 aromatic heterocycles. The van der Waals surface area contributed by atoms with E-state index in [0.717, 1.165) is 44.0 Å². The van der Waals surface area contributed by atoms with Crippen LogP contribution in [0.2, 0.25) is 0 Å². The van der Waals surface area contributed by atoms with Crippen molar-refractivity contribution in [3.05, 3.63) is 54.6 Å². The van der Waals surface area contributed by atoms with Crippen LogP contribution in [0.1, 0.15) is 18.4 Å². The van der Waals surface area contributed by atoms with Gasteiger partial charge in [-0.2, -0.15) is 0 Å². The number of imidazole rings is 1. The van der Waals surface area contributed by atoms with Gasteiger partial charge in [-0.3, -0.25) is 9.69 Å². The number of hydrogen-bond donors (Lipinski definition) is 0. The quantitative estimate of drug-likeness (QED) is 0.722. The summed E-state index contributed by atoms with van der Waals surface area (Å²) in [5.74, 6) is 0.109. The summed E-state index contributed by atoms with van der Waals surface area (Å²) in [6, 6.07) is 8.11. The van der Waals surface area contributed by atoms with Crippen molar-refractivity contribution in [1.29, 1.82) is 0 Å². The van der Waals surface area contributed by atoms with Crippen LogP contribution >= 0.6 is 0 Å². The summed E-state index contributed by atoms with van der Waals surface area (Å²) >= 11 is 0. The topological polar surface area (TPSA) is 44.6 Å². The lowest BCUT2D eigenvalue weighted by atomic mass is 10.2. The molecule has 1 aromatic carbocycles. The molecule has 0 radical (unpaired) electrons. The molecule has 4 rings (SSSR count). The van der Waals surface area contributed by atoms with Gasteiger partial charge in [0.05, 0.1) is 6.33 Å². The fourth-order valence-corrected chi connectivity index (χ4v) is 3.92. The predicted octanol–water partition coefficient (Wildman–Crippen LogP) is 2.13. The molecule has 0 bridgehead atoms. The first-order chi connectivity index (χ1) is 13.8. The molecule has 0 unspecified atom stereocenters. The molecule has 2 fully saturated rings. The van der Waals surface area contributed by atoms with Gasteiger partial charge in [-0.05, 0) is 49.7 Å². The summed E-state index contributed by atoms with van der Waals surface area (Å²) in [4.78, 5) is 23.6. The monoisotopic (exact) mass is 379 g/mol. The van der Waals surface area contributed by atoms with E-state index in [2.05, 4.69) is 14.8 Å². The maximum absolute atomic E-state index is 12.5. The standard InChI is InChI=1S/C22H29N5O/c28-22(8-5-20-3-6-21(7-4-20)27-12-9-23-19-27)26-17-15-25(16-18-26)14-13-24-10-1-2-11-24/h3-9,12,19H,1-2,10-11,13-18H2/b8-5+. The minimum atomic E-state index is 0.109. The second-order valence-corrected chi connectivity index (χ2v) is 7.61. The average molecular weight is 380 g/mol. The third kappa shape index (κ3) is 4.88. The number of piperazine rings is 1. The first kappa shape index (κ1) is 18.9. The van der Waals surface area contributed by atoms with Gasteiger partial charge in [0.25, 0.3) is 0 Å². The Bertz CT molecular complexity index is 770. The number of rotatable bonds is 6. The SMILES string of the molecule is O=C(/C=C/c1ccc(-n2ccnc2)cc1)N1CCN(CCN2CCCC2)CC1. The van der Waals surface area contributed by atoms with Crippen LogP contribution in [0.25, 0.3) is 11.8 Å². The van der Waals surface area contributed by atoms with Crippen LogP contribution < -0.4 is 0 Å². The predicted molar refractivity (Wildman–Crippen MR) is 111 cm³/mol. The summed E-state index contributed by atoms with van der Waals surface area (Å²) in [7, 11) is 0. The highest BCUT2D eigenvalue weighted by atomic mass is 16.2. The van der Waals surface area contributed by atoms with E-state index < -0.39 is 0 Å². The van der Waals surface area contributed by atoms with Crippen molar-refractivity contribution >= 4 is 12.0 Å². The number of aromatic nitrogens is 2. The Hall–Kier alpha value is -2.44. The molecule has 0 aliphatic carbocycles. The summed E-state index contributed by atoms with van der Waals surface area (Å²) in [5, 5.41) is 0. The smallest absolute Gasteiger partial charge is 0.246 e. The lowest BCUT2D eigenvalue weighted by Gasteiger charge is -2.35. The zero-order valence-corrected chi connectivity index (χ0v) is 16.4. The van der Waals surface area contributed by atoms with Crippen LogP contribution in [0.5, 0.6) is 0 Å². The fraction of sp³-hybridized carbons (Fsp3) is 0.455. The molecule has 0 spiro atoms. The summed E-state index contributed by atoms with van der Waals surface area (Å²) < 4.78 is 1.96. The van der Waals surface area contributed by atoms with Gasteiger partial charge in [-0.1, -0.05) is 12.1 Å². The van der Waals surface area contributed by atoms with Crippen molar-refractivity contribution in [2.75, 3.05) is 52.4 Å². The minimum absolute atomic E-state index is 0.109. The number of carbonyl (C=O) groups is 1. The molecular formula is C22H29N5O. The molecule has 3 heterocycles. The van der Waals surface area contributed by atoms with Gasteiger partial charge in [0.15, 0.2) is 0 Å². The van der Waals surface area contributed by atoms with Gasteiger partial charge >= 0.3 is 0 Å². The lowest BCUT2D eigenvalue weighted by molar-refractivity contribution is -0.127. The van der Waals surface area contributed by atoms with Crippen LogP contribution in [-0.2, 0) is 4.79 Å². The number of nitrogens with zero attached hydrogens (tertiary/aromatic N) is 5. The normalized spacial score (nSPS) is 18.9. The molecule has 0 atom stereocenters. The van der Waals surface area contributed by atoms with Gasteiger partial charge in [0.2, 0.25) is 5.91 Å². The van der Waals surface area contributed by atoms with E-state index in [1.165, 1.54) is 32.5 Å². The lowest BCUT2D eigenvalue weighted by Crippen LogP contribution is -2.49. The van der Waals surface area contributed by atoms with Crippen LogP contribution in [0.3, 0.4) is 0 Å². The zero-order valence-electron chi connectivity index (χ0n) is 16.4. The third-order valence-corrected chi connectivity index (χ3v) is 5.73. The fourth-order valence-electron chi connectivity index (χ4n) is 3.92. The molecule has 28 heavy (non-hydrogen) atoms.